The lowest BCUT2D eigenvalue weighted by Crippen LogP contribution is -2.49. The number of carbonyl (C=O) groups excluding carboxylic acids is 2. The van der Waals surface area contributed by atoms with Crippen LogP contribution in [0.3, 0.4) is 0 Å². The maximum Gasteiger partial charge on any atom is 0.254 e. The summed E-state index contributed by atoms with van der Waals surface area (Å²) in [6.07, 6.45) is 0. The number of thiazole rings is 1. The van der Waals surface area contributed by atoms with Crippen LogP contribution in [0.25, 0.3) is 0 Å². The maximum absolute atomic E-state index is 12.9. The van der Waals surface area contributed by atoms with Crippen LogP contribution < -0.4 is 5.32 Å². The molecule has 0 saturated heterocycles. The van der Waals surface area contributed by atoms with E-state index in [-0.39, 0.29) is 18.4 Å². The molecule has 1 heterocycles. The highest BCUT2D eigenvalue weighted by Crippen LogP contribution is 2.22. The smallest absolute Gasteiger partial charge is 0.254 e. The molecule has 2 amide bonds. The predicted octanol–water partition coefficient (Wildman–Crippen LogP) is 3.95. The Balaban J connectivity index is 2.16. The molecule has 1 N–H and O–H groups in total. The van der Waals surface area contributed by atoms with Gasteiger partial charge in [0.25, 0.3) is 5.91 Å². The largest absolute Gasteiger partial charge is 0.324 e. The van der Waals surface area contributed by atoms with Crippen molar-refractivity contribution in [3.8, 4) is 0 Å². The molecule has 0 aliphatic rings. The molecule has 0 saturated carbocycles. The lowest BCUT2D eigenvalue weighted by molar-refractivity contribution is -0.117. The quantitative estimate of drug-likeness (QED) is 0.899. The molecule has 0 bridgehead atoms. The number of nitrogens with one attached hydrogen (secondary N) is 1. The van der Waals surface area contributed by atoms with Gasteiger partial charge < -0.3 is 10.2 Å². The highest BCUT2D eigenvalue weighted by Gasteiger charge is 2.29. The van der Waals surface area contributed by atoms with Crippen LogP contribution in [0.4, 0.5) is 5.13 Å². The van der Waals surface area contributed by atoms with Gasteiger partial charge in [-0.3, -0.25) is 9.59 Å². The van der Waals surface area contributed by atoms with Gasteiger partial charge in [-0.15, -0.1) is 11.3 Å². The molecule has 2 rings (SSSR count). The topological polar surface area (TPSA) is 62.3 Å². The van der Waals surface area contributed by atoms with Gasteiger partial charge in [0, 0.05) is 16.0 Å². The highest BCUT2D eigenvalue weighted by atomic mass is 32.1. The van der Waals surface area contributed by atoms with Gasteiger partial charge in [-0.1, -0.05) is 17.7 Å². The van der Waals surface area contributed by atoms with Crippen molar-refractivity contribution in [1.29, 1.82) is 0 Å². The van der Waals surface area contributed by atoms with Crippen LogP contribution in [0, 0.1) is 20.8 Å². The van der Waals surface area contributed by atoms with Crippen LogP contribution in [0.5, 0.6) is 0 Å². The molecule has 1 aromatic heterocycles. The van der Waals surface area contributed by atoms with Gasteiger partial charge in [0.15, 0.2) is 5.13 Å². The Morgan fingerprint density at radius 1 is 1.12 bits per heavy atom. The number of aromatic nitrogens is 1. The Kier molecular flexibility index (Phi) is 5.62. The summed E-state index contributed by atoms with van der Waals surface area (Å²) in [5.41, 5.74) is 2.10. The van der Waals surface area contributed by atoms with E-state index in [9.17, 15) is 9.59 Å². The number of nitrogens with zero attached hydrogens (tertiary/aromatic N) is 2. The van der Waals surface area contributed by atoms with Crippen LogP contribution in [0.1, 0.15) is 47.3 Å². The van der Waals surface area contributed by atoms with E-state index in [1.165, 1.54) is 11.3 Å². The Bertz CT molecular complexity index is 753. The van der Waals surface area contributed by atoms with Crippen molar-refractivity contribution in [2.75, 3.05) is 11.9 Å². The molecule has 0 spiro atoms. The fourth-order valence-corrected chi connectivity index (χ4v) is 3.12. The predicted molar refractivity (Wildman–Crippen MR) is 102 cm³/mol. The van der Waals surface area contributed by atoms with Crippen molar-refractivity contribution >= 4 is 28.3 Å². The zero-order valence-electron chi connectivity index (χ0n) is 15.6. The summed E-state index contributed by atoms with van der Waals surface area (Å²) in [6.45, 7) is 11.6. The summed E-state index contributed by atoms with van der Waals surface area (Å²) < 4.78 is 0. The number of aryl methyl sites for hydroxylation is 3. The van der Waals surface area contributed by atoms with Crippen molar-refractivity contribution < 1.29 is 9.59 Å². The summed E-state index contributed by atoms with van der Waals surface area (Å²) in [5.74, 6) is -0.404. The second kappa shape index (κ2) is 7.35. The first kappa shape index (κ1) is 19.1. The molecule has 2 aromatic rings. The Labute approximate surface area is 153 Å². The fraction of sp³-hybridized carbons (Fsp3) is 0.421. The molecule has 0 fully saturated rings. The standard InChI is InChI=1S/C19H25N3O2S/c1-12-7-9-15(10-8-12)17(24)22(19(4,5)6)11-16(23)21-18-20-13(2)14(3)25-18/h7-10H,11H2,1-6H3,(H,20,21,23). The fourth-order valence-electron chi connectivity index (χ4n) is 2.29. The minimum Gasteiger partial charge on any atom is -0.324 e. The average Bonchev–Trinajstić information content (AvgIpc) is 2.81. The molecule has 0 atom stereocenters. The van der Waals surface area contributed by atoms with Crippen LogP contribution >= 0.6 is 11.3 Å². The van der Waals surface area contributed by atoms with Crippen molar-refractivity contribution in [2.45, 2.75) is 47.1 Å². The van der Waals surface area contributed by atoms with Crippen molar-refractivity contribution in [1.82, 2.24) is 9.88 Å². The highest BCUT2D eigenvalue weighted by molar-refractivity contribution is 7.15. The van der Waals surface area contributed by atoms with E-state index in [0.717, 1.165) is 16.1 Å². The Morgan fingerprint density at radius 3 is 2.20 bits per heavy atom. The second-order valence-corrected chi connectivity index (χ2v) is 8.34. The first-order chi connectivity index (χ1) is 11.6. The third kappa shape index (κ3) is 4.89. The molecule has 134 valence electrons. The normalized spacial score (nSPS) is 11.3. The van der Waals surface area contributed by atoms with Gasteiger partial charge in [0.05, 0.1) is 5.69 Å². The van der Waals surface area contributed by atoms with E-state index in [2.05, 4.69) is 10.3 Å². The molecule has 0 radical (unpaired) electrons. The molecule has 0 aliphatic carbocycles. The lowest BCUT2D eigenvalue weighted by Gasteiger charge is -2.35. The van der Waals surface area contributed by atoms with Gasteiger partial charge >= 0.3 is 0 Å². The summed E-state index contributed by atoms with van der Waals surface area (Å²) in [7, 11) is 0. The van der Waals surface area contributed by atoms with E-state index < -0.39 is 5.54 Å². The number of hydrogen-bond donors (Lipinski definition) is 1. The first-order valence-corrected chi connectivity index (χ1v) is 9.02. The summed E-state index contributed by atoms with van der Waals surface area (Å²) >= 11 is 1.44. The van der Waals surface area contributed by atoms with Crippen LogP contribution in [0.15, 0.2) is 24.3 Å². The summed E-state index contributed by atoms with van der Waals surface area (Å²) in [5, 5.41) is 3.36. The van der Waals surface area contributed by atoms with E-state index in [4.69, 9.17) is 0 Å². The van der Waals surface area contributed by atoms with Crippen molar-refractivity contribution in [3.05, 3.63) is 46.0 Å². The van der Waals surface area contributed by atoms with E-state index in [0.29, 0.717) is 10.7 Å². The Morgan fingerprint density at radius 2 is 1.72 bits per heavy atom. The van der Waals surface area contributed by atoms with Gasteiger partial charge in [-0.05, 0) is 53.7 Å². The molecule has 0 aliphatic heterocycles. The number of amides is 2. The minimum atomic E-state index is -0.478. The molecule has 5 nitrogen and oxygen atoms in total. The van der Waals surface area contributed by atoms with Crippen molar-refractivity contribution in [2.24, 2.45) is 0 Å². The number of rotatable bonds is 4. The molecule has 6 heteroatoms. The van der Waals surface area contributed by atoms with Gasteiger partial charge in [0.1, 0.15) is 6.54 Å². The number of carbonyl (C=O) groups is 2. The number of anilines is 1. The van der Waals surface area contributed by atoms with E-state index in [1.807, 2.05) is 53.7 Å². The third-order valence-electron chi connectivity index (χ3n) is 3.93. The van der Waals surface area contributed by atoms with Crippen LogP contribution in [-0.4, -0.2) is 33.8 Å². The molecule has 0 unspecified atom stereocenters. The zero-order chi connectivity index (χ0) is 18.8. The van der Waals surface area contributed by atoms with Crippen molar-refractivity contribution in [3.63, 3.8) is 0 Å². The molecule has 25 heavy (non-hydrogen) atoms. The van der Waals surface area contributed by atoms with Crippen LogP contribution in [-0.2, 0) is 4.79 Å². The van der Waals surface area contributed by atoms with E-state index in [1.54, 1.807) is 17.0 Å². The average molecular weight is 359 g/mol. The molecule has 1 aromatic carbocycles. The maximum atomic E-state index is 12.9. The minimum absolute atomic E-state index is 0.0200. The summed E-state index contributed by atoms with van der Waals surface area (Å²) in [4.78, 5) is 32.3. The van der Waals surface area contributed by atoms with Gasteiger partial charge in [-0.2, -0.15) is 0 Å². The molecular weight excluding hydrogens is 334 g/mol. The number of benzene rings is 1. The lowest BCUT2D eigenvalue weighted by atomic mass is 10.0. The second-order valence-electron chi connectivity index (χ2n) is 7.14. The zero-order valence-corrected chi connectivity index (χ0v) is 16.5. The SMILES string of the molecule is Cc1ccc(C(=O)N(CC(=O)Nc2nc(C)c(C)s2)C(C)(C)C)cc1. The van der Waals surface area contributed by atoms with Crippen LogP contribution in [0.2, 0.25) is 0 Å². The number of hydrogen-bond acceptors (Lipinski definition) is 4. The monoisotopic (exact) mass is 359 g/mol. The summed E-state index contributed by atoms with van der Waals surface area (Å²) in [6, 6.07) is 7.38. The van der Waals surface area contributed by atoms with Gasteiger partial charge in [0.2, 0.25) is 5.91 Å². The first-order valence-electron chi connectivity index (χ1n) is 8.20. The van der Waals surface area contributed by atoms with E-state index >= 15 is 0 Å². The third-order valence-corrected chi connectivity index (χ3v) is 4.92. The van der Waals surface area contributed by atoms with Gasteiger partial charge in [-0.25, -0.2) is 4.98 Å². The Hall–Kier alpha value is -2.21. The molecular formula is C19H25N3O2S.